The van der Waals surface area contributed by atoms with E-state index in [9.17, 15) is 23.4 Å². The Morgan fingerprint density at radius 3 is 2.57 bits per heavy atom. The minimum absolute atomic E-state index is 0.0400. The minimum atomic E-state index is -4.19. The summed E-state index contributed by atoms with van der Waals surface area (Å²) in [5.74, 6) is -2.58. The molecule has 0 aliphatic carbocycles. The maximum absolute atomic E-state index is 15.6. The average Bonchev–Trinajstić information content (AvgIpc) is 4.04. The predicted molar refractivity (Wildman–Crippen MR) is 233 cm³/mol. The van der Waals surface area contributed by atoms with Crippen molar-refractivity contribution in [3.63, 3.8) is 0 Å². The van der Waals surface area contributed by atoms with E-state index < -0.39 is 27.7 Å². The summed E-state index contributed by atoms with van der Waals surface area (Å²) in [5.41, 5.74) is 3.17. The second kappa shape index (κ2) is 19.1. The number of piperidine rings is 2. The molecule has 63 heavy (non-hydrogen) atoms. The molecule has 1 aromatic carbocycles. The molecular formula is C41H53FN14O6S. The molecule has 22 heteroatoms. The summed E-state index contributed by atoms with van der Waals surface area (Å²) in [6.07, 6.45) is 9.65. The highest BCUT2D eigenvalue weighted by Crippen LogP contribution is 2.37. The second-order valence-corrected chi connectivity index (χ2v) is 17.6. The minimum Gasteiger partial charge on any atom is -0.485 e. The topological polar surface area (TPSA) is 246 Å². The normalized spacial score (nSPS) is 16.8. The Labute approximate surface area is 363 Å². The van der Waals surface area contributed by atoms with E-state index in [-0.39, 0.29) is 41.6 Å². The summed E-state index contributed by atoms with van der Waals surface area (Å²) in [5, 5.41) is 48.2. The molecule has 5 aromatic heterocycles. The molecule has 1 atom stereocenters. The van der Waals surface area contributed by atoms with Crippen molar-refractivity contribution in [2.75, 3.05) is 50.4 Å². The van der Waals surface area contributed by atoms with Crippen molar-refractivity contribution in [3.8, 4) is 17.0 Å². The summed E-state index contributed by atoms with van der Waals surface area (Å²) >= 11 is 0. The van der Waals surface area contributed by atoms with Crippen LogP contribution in [0.5, 0.6) is 5.75 Å². The van der Waals surface area contributed by atoms with Gasteiger partial charge < -0.3 is 35.7 Å². The molecule has 6 aromatic rings. The number of likely N-dealkylation sites (tertiary alicyclic amines) is 1. The summed E-state index contributed by atoms with van der Waals surface area (Å²) in [6.45, 7) is 8.65. The number of sulfonamides is 1. The lowest BCUT2D eigenvalue weighted by Crippen LogP contribution is -2.60. The Hall–Kier alpha value is -6.07. The quantitative estimate of drug-likeness (QED) is 0.0489. The van der Waals surface area contributed by atoms with Crippen LogP contribution < -0.4 is 20.7 Å². The maximum Gasteiger partial charge on any atom is 0.247 e. The monoisotopic (exact) mass is 888 g/mol. The fraction of sp³-hybridized carbons (Fsp3) is 0.439. The number of aromatic amines is 1. The number of aromatic nitrogens is 9. The third kappa shape index (κ3) is 9.64. The number of carbonyl (C=O) groups excluding carboxylic acids is 1. The van der Waals surface area contributed by atoms with E-state index in [0.717, 1.165) is 34.9 Å². The van der Waals surface area contributed by atoms with Gasteiger partial charge in [0.2, 0.25) is 27.5 Å². The van der Waals surface area contributed by atoms with E-state index in [2.05, 4.69) is 52.9 Å². The number of hydrogen-bond donors (Lipinski definition) is 6. The highest BCUT2D eigenvalue weighted by molar-refractivity contribution is 7.89. The van der Waals surface area contributed by atoms with Crippen molar-refractivity contribution in [1.82, 2.24) is 59.1 Å². The van der Waals surface area contributed by atoms with Crippen LogP contribution in [0.25, 0.3) is 27.9 Å². The largest absolute Gasteiger partial charge is 0.485 e. The lowest BCUT2D eigenvalue weighted by molar-refractivity contribution is -0.303. The van der Waals surface area contributed by atoms with E-state index in [1.165, 1.54) is 27.3 Å². The van der Waals surface area contributed by atoms with Crippen molar-refractivity contribution in [1.29, 1.82) is 0 Å². The first-order valence-corrected chi connectivity index (χ1v) is 22.2. The lowest BCUT2D eigenvalue weighted by atomic mass is 9.89. The first kappa shape index (κ1) is 45.0. The number of fused-ring (bicyclic) bond motifs is 2. The first-order chi connectivity index (χ1) is 30.2. The van der Waals surface area contributed by atoms with Crippen molar-refractivity contribution in [3.05, 3.63) is 73.3 Å². The van der Waals surface area contributed by atoms with Crippen LogP contribution in [0.2, 0.25) is 0 Å². The zero-order valence-electron chi connectivity index (χ0n) is 35.6. The zero-order valence-corrected chi connectivity index (χ0v) is 36.4. The van der Waals surface area contributed by atoms with Crippen LogP contribution >= 0.6 is 0 Å². The van der Waals surface area contributed by atoms with Crippen molar-refractivity contribution in [2.24, 2.45) is 13.0 Å². The average molecular weight is 889 g/mol. The summed E-state index contributed by atoms with van der Waals surface area (Å²) in [7, 11) is -0.524. The molecule has 0 spiro atoms. The number of halogens is 1. The van der Waals surface area contributed by atoms with Gasteiger partial charge in [-0.15, -0.1) is 5.10 Å². The van der Waals surface area contributed by atoms with Gasteiger partial charge in [-0.05, 0) is 76.1 Å². The molecule has 336 valence electrons. The van der Waals surface area contributed by atoms with Crippen LogP contribution in [0.3, 0.4) is 0 Å². The molecule has 8 rings (SSSR count). The fourth-order valence-electron chi connectivity index (χ4n) is 7.89. The lowest BCUT2D eigenvalue weighted by Gasteiger charge is -2.46. The Balaban J connectivity index is 0.000000785. The molecule has 1 unspecified atom stereocenters. The van der Waals surface area contributed by atoms with Crippen LogP contribution in [-0.4, -0.2) is 130 Å². The molecule has 0 saturated carbocycles. The summed E-state index contributed by atoms with van der Waals surface area (Å²) < 4.78 is 53.7. The van der Waals surface area contributed by atoms with E-state index in [4.69, 9.17) is 9.72 Å². The number of aliphatic hydroxyl groups is 2. The number of pyridine rings is 1. The number of benzene rings is 1. The Bertz CT molecular complexity index is 2640. The molecule has 0 radical (unpaired) electrons. The number of rotatable bonds is 15. The van der Waals surface area contributed by atoms with Crippen molar-refractivity contribution < 1.29 is 32.6 Å². The van der Waals surface area contributed by atoms with Crippen molar-refractivity contribution >= 4 is 50.4 Å². The number of aryl methyl sites for hydroxylation is 1. The number of aldehydes is 1. The van der Waals surface area contributed by atoms with E-state index in [1.807, 2.05) is 40.1 Å². The summed E-state index contributed by atoms with van der Waals surface area (Å²) in [4.78, 5) is 24.8. The van der Waals surface area contributed by atoms with E-state index in [1.54, 1.807) is 28.2 Å². The van der Waals surface area contributed by atoms with Crippen LogP contribution in [0.15, 0.2) is 66.7 Å². The Kier molecular flexibility index (Phi) is 13.7. The van der Waals surface area contributed by atoms with E-state index in [0.29, 0.717) is 74.4 Å². The molecular weight excluding hydrogens is 836 g/mol. The number of ether oxygens (including phenoxy) is 1. The predicted octanol–water partition coefficient (Wildman–Crippen LogP) is 3.73. The summed E-state index contributed by atoms with van der Waals surface area (Å²) in [6, 6.07) is 7.56. The molecule has 7 heterocycles. The number of carbonyl (C=O) groups is 1. The fourth-order valence-corrected chi connectivity index (χ4v) is 9.42. The number of hydrogen-bond acceptors (Lipinski definition) is 16. The van der Waals surface area contributed by atoms with Gasteiger partial charge in [-0.2, -0.15) is 24.0 Å². The van der Waals surface area contributed by atoms with Crippen LogP contribution in [0.1, 0.15) is 57.6 Å². The number of nitrogens with one attached hydrogen (secondary N) is 4. The third-order valence-electron chi connectivity index (χ3n) is 11.1. The highest BCUT2D eigenvalue weighted by Gasteiger charge is 2.46. The number of nitrogens with zero attached hydrogens (tertiary/aromatic N) is 10. The number of anilines is 3. The molecule has 20 nitrogen and oxygen atoms in total. The standard InChI is InChI=1S/C36H44FN13O5S.C5H9NO/c1-21(2)55-31-30(23-17-40-41-18-23)39-20-50-34(31)44-35(46-50)43-29-9-7-25(16-27(29)37)56(53,54)49-13-5-6-24(19-49)36(51,52)48-14-11-22(12-15-48)28-10-8-26-32(38-3)45-47(4)33(26)42-28;1-2-6-4-3-5-7/h7-10,16-18,20-22,24,51-52H,5-6,11-15,19H2,1-4H3,(H,38,45)(H,40,41)(H,43,46);2,5-6H,1,3-4H2. The molecule has 6 N–H and O–H groups in total. The molecule has 2 fully saturated rings. The molecule has 2 saturated heterocycles. The van der Waals surface area contributed by atoms with Gasteiger partial charge in [-0.25, -0.2) is 27.5 Å². The number of H-pyrrole nitrogens is 1. The third-order valence-corrected chi connectivity index (χ3v) is 13.0. The highest BCUT2D eigenvalue weighted by atomic mass is 32.2. The Morgan fingerprint density at radius 1 is 1.10 bits per heavy atom. The van der Waals surface area contributed by atoms with Gasteiger partial charge in [0.1, 0.15) is 24.1 Å². The van der Waals surface area contributed by atoms with Gasteiger partial charge in [-0.3, -0.25) is 10.00 Å². The van der Waals surface area contributed by atoms with Crippen LogP contribution in [-0.2, 0) is 21.9 Å². The second-order valence-electron chi connectivity index (χ2n) is 15.6. The van der Waals surface area contributed by atoms with Crippen LogP contribution in [0, 0.1) is 11.7 Å². The maximum atomic E-state index is 15.6. The molecule has 2 aliphatic rings. The van der Waals surface area contributed by atoms with Crippen LogP contribution in [0.4, 0.5) is 21.8 Å². The van der Waals surface area contributed by atoms with Gasteiger partial charge in [0, 0.05) is 82.5 Å². The first-order valence-electron chi connectivity index (χ1n) is 20.7. The van der Waals surface area contributed by atoms with Gasteiger partial charge in [-0.1, -0.05) is 6.58 Å². The SMILES string of the molecule is C=CNCCC=O.CNc1nn(C)c2nc(C3CCN(C(O)(O)C4CCCN(S(=O)(=O)c5ccc(Nc6nc7c(OC(C)C)c(-c8cn[nH]c8)ncn7n6)c(F)c5)C4)CC3)ccc12. The van der Waals surface area contributed by atoms with Gasteiger partial charge in [0.05, 0.1) is 28.3 Å². The Morgan fingerprint density at radius 2 is 1.89 bits per heavy atom. The smallest absolute Gasteiger partial charge is 0.247 e. The van der Waals surface area contributed by atoms with E-state index >= 15 is 4.39 Å². The molecule has 0 amide bonds. The van der Waals surface area contributed by atoms with Gasteiger partial charge in [0.15, 0.2) is 17.2 Å². The zero-order chi connectivity index (χ0) is 44.9. The molecule has 0 bridgehead atoms. The molecule has 2 aliphatic heterocycles. The van der Waals surface area contributed by atoms with Crippen molar-refractivity contribution in [2.45, 2.75) is 68.8 Å². The van der Waals surface area contributed by atoms with Gasteiger partial charge >= 0.3 is 0 Å². The van der Waals surface area contributed by atoms with Gasteiger partial charge in [0.25, 0.3) is 0 Å².